The number of halogens is 3. The lowest BCUT2D eigenvalue weighted by Crippen LogP contribution is -2.28. The third-order valence-corrected chi connectivity index (χ3v) is 0.677. The number of ether oxygens (including phenoxy) is 2. The highest BCUT2D eigenvalue weighted by Gasteiger charge is 2.33. The Labute approximate surface area is 55.4 Å². The summed E-state index contributed by atoms with van der Waals surface area (Å²) in [6.45, 7) is -0.823. The molecule has 6 heteroatoms. The minimum absolute atomic E-state index is 0.823. The first-order valence-electron chi connectivity index (χ1n) is 2.38. The van der Waals surface area contributed by atoms with Gasteiger partial charge in [0.15, 0.2) is 6.29 Å². The topological polar surface area (TPSA) is 38.7 Å². The van der Waals surface area contributed by atoms with Crippen LogP contribution in [0.2, 0.25) is 0 Å². The van der Waals surface area contributed by atoms with E-state index in [4.69, 9.17) is 5.11 Å². The molecule has 0 radical (unpaired) electrons. The maximum absolute atomic E-state index is 11.3. The Morgan fingerprint density at radius 3 is 2.10 bits per heavy atom. The first-order valence-corrected chi connectivity index (χ1v) is 2.38. The van der Waals surface area contributed by atoms with Crippen LogP contribution >= 0.6 is 0 Å². The van der Waals surface area contributed by atoms with E-state index in [2.05, 4.69) is 9.47 Å². The fraction of sp³-hybridized carbons (Fsp3) is 1.00. The maximum Gasteiger partial charge on any atom is 0.524 e. The van der Waals surface area contributed by atoms with Crippen LogP contribution in [0.15, 0.2) is 0 Å². The molecular formula is C4H7F3O3. The van der Waals surface area contributed by atoms with Crippen molar-refractivity contribution in [2.45, 2.75) is 12.7 Å². The van der Waals surface area contributed by atoms with E-state index in [1.165, 1.54) is 0 Å². The molecule has 0 aromatic carbocycles. The predicted molar refractivity (Wildman–Crippen MR) is 25.0 cm³/mol. The SMILES string of the molecule is COC(CO)OC(F)(F)F. The molecule has 0 aliphatic carbocycles. The Balaban J connectivity index is 3.63. The Kier molecular flexibility index (Phi) is 3.62. The number of aliphatic hydroxyl groups is 1. The molecule has 0 rings (SSSR count). The third kappa shape index (κ3) is 4.54. The maximum atomic E-state index is 11.3. The summed E-state index contributed by atoms with van der Waals surface area (Å²) < 4.78 is 41.1. The normalized spacial score (nSPS) is 15.3. The van der Waals surface area contributed by atoms with Crippen molar-refractivity contribution in [1.82, 2.24) is 0 Å². The summed E-state index contributed by atoms with van der Waals surface area (Å²) in [4.78, 5) is 0. The quantitative estimate of drug-likeness (QED) is 0.610. The van der Waals surface area contributed by atoms with Crippen LogP contribution in [0, 0.1) is 0 Å². The Bertz CT molecular complexity index is 88.2. The molecule has 0 spiro atoms. The second-order valence-electron chi connectivity index (χ2n) is 1.41. The van der Waals surface area contributed by atoms with Gasteiger partial charge in [0.25, 0.3) is 0 Å². The smallest absolute Gasteiger partial charge is 0.391 e. The molecule has 3 nitrogen and oxygen atoms in total. The standard InChI is InChI=1S/C4H7F3O3/c1-9-3(2-8)10-4(5,6)7/h3,8H,2H2,1H3. The molecular weight excluding hydrogens is 153 g/mol. The summed E-state index contributed by atoms with van der Waals surface area (Å²) in [5.41, 5.74) is 0. The van der Waals surface area contributed by atoms with Gasteiger partial charge < -0.3 is 9.84 Å². The van der Waals surface area contributed by atoms with Crippen LogP contribution in [-0.4, -0.2) is 31.5 Å². The average Bonchev–Trinajstić information content (AvgIpc) is 1.81. The largest absolute Gasteiger partial charge is 0.524 e. The summed E-state index contributed by atoms with van der Waals surface area (Å²) in [5.74, 6) is 0. The van der Waals surface area contributed by atoms with Crippen molar-refractivity contribution in [3.8, 4) is 0 Å². The van der Waals surface area contributed by atoms with Crippen molar-refractivity contribution in [2.24, 2.45) is 0 Å². The lowest BCUT2D eigenvalue weighted by molar-refractivity contribution is -0.379. The van der Waals surface area contributed by atoms with E-state index in [0.29, 0.717) is 0 Å². The van der Waals surface area contributed by atoms with Gasteiger partial charge in [-0.25, -0.2) is 0 Å². The van der Waals surface area contributed by atoms with Crippen molar-refractivity contribution < 1.29 is 27.8 Å². The highest BCUT2D eigenvalue weighted by atomic mass is 19.4. The fourth-order valence-corrected chi connectivity index (χ4v) is 0.309. The highest BCUT2D eigenvalue weighted by molar-refractivity contribution is 4.38. The van der Waals surface area contributed by atoms with Crippen LogP contribution in [0.5, 0.6) is 0 Å². The van der Waals surface area contributed by atoms with Crippen molar-refractivity contribution >= 4 is 0 Å². The van der Waals surface area contributed by atoms with Gasteiger partial charge in [0, 0.05) is 7.11 Å². The number of rotatable bonds is 3. The molecule has 1 N–H and O–H groups in total. The Morgan fingerprint density at radius 1 is 1.50 bits per heavy atom. The van der Waals surface area contributed by atoms with E-state index >= 15 is 0 Å². The molecule has 0 aromatic heterocycles. The van der Waals surface area contributed by atoms with E-state index in [0.717, 1.165) is 7.11 Å². The van der Waals surface area contributed by atoms with Crippen LogP contribution in [0.3, 0.4) is 0 Å². The van der Waals surface area contributed by atoms with E-state index < -0.39 is 19.3 Å². The zero-order valence-electron chi connectivity index (χ0n) is 5.18. The van der Waals surface area contributed by atoms with Gasteiger partial charge in [-0.2, -0.15) is 0 Å². The Morgan fingerprint density at radius 2 is 2.00 bits per heavy atom. The van der Waals surface area contributed by atoms with Gasteiger partial charge in [-0.3, -0.25) is 4.74 Å². The molecule has 0 aliphatic rings. The van der Waals surface area contributed by atoms with Crippen LogP contribution in [0.4, 0.5) is 13.2 Å². The molecule has 0 aromatic rings. The molecule has 0 aliphatic heterocycles. The van der Waals surface area contributed by atoms with Crippen molar-refractivity contribution in [3.63, 3.8) is 0 Å². The van der Waals surface area contributed by atoms with Crippen LogP contribution < -0.4 is 0 Å². The predicted octanol–water partition coefficient (Wildman–Crippen LogP) is 0.488. The average molecular weight is 160 g/mol. The van der Waals surface area contributed by atoms with Gasteiger partial charge >= 0.3 is 6.36 Å². The molecule has 0 saturated carbocycles. The summed E-state index contributed by atoms with van der Waals surface area (Å²) in [5, 5.41) is 8.14. The van der Waals surface area contributed by atoms with E-state index in [-0.39, 0.29) is 0 Å². The molecule has 0 bridgehead atoms. The molecule has 0 saturated heterocycles. The molecule has 62 valence electrons. The van der Waals surface area contributed by atoms with Crippen molar-refractivity contribution in [2.75, 3.05) is 13.7 Å². The van der Waals surface area contributed by atoms with Gasteiger partial charge in [-0.05, 0) is 0 Å². The third-order valence-electron chi connectivity index (χ3n) is 0.677. The summed E-state index contributed by atoms with van der Waals surface area (Å²) in [6, 6.07) is 0. The second-order valence-corrected chi connectivity index (χ2v) is 1.41. The number of aliphatic hydroxyl groups excluding tert-OH is 1. The molecule has 0 fully saturated rings. The molecule has 0 heterocycles. The lowest BCUT2D eigenvalue weighted by Gasteiger charge is -2.14. The summed E-state index contributed by atoms with van der Waals surface area (Å²) >= 11 is 0. The first kappa shape index (κ1) is 9.67. The highest BCUT2D eigenvalue weighted by Crippen LogP contribution is 2.18. The van der Waals surface area contributed by atoms with E-state index in [1.807, 2.05) is 0 Å². The number of alkyl halides is 3. The fourth-order valence-electron chi connectivity index (χ4n) is 0.309. The first-order chi connectivity index (χ1) is 4.49. The minimum Gasteiger partial charge on any atom is -0.391 e. The van der Waals surface area contributed by atoms with Crippen LogP contribution in [0.1, 0.15) is 0 Å². The minimum atomic E-state index is -4.76. The zero-order valence-corrected chi connectivity index (χ0v) is 5.18. The van der Waals surface area contributed by atoms with Gasteiger partial charge in [0.1, 0.15) is 0 Å². The zero-order chi connectivity index (χ0) is 8.20. The van der Waals surface area contributed by atoms with Gasteiger partial charge in [-0.1, -0.05) is 0 Å². The lowest BCUT2D eigenvalue weighted by atomic mass is 10.7. The van der Waals surface area contributed by atoms with Crippen molar-refractivity contribution in [3.05, 3.63) is 0 Å². The van der Waals surface area contributed by atoms with Crippen LogP contribution in [0.25, 0.3) is 0 Å². The summed E-state index contributed by atoms with van der Waals surface area (Å²) in [6.07, 6.45) is -6.39. The van der Waals surface area contributed by atoms with Gasteiger partial charge in [-0.15, -0.1) is 13.2 Å². The Hall–Kier alpha value is -0.330. The molecule has 1 unspecified atom stereocenters. The van der Waals surface area contributed by atoms with E-state index in [1.54, 1.807) is 0 Å². The van der Waals surface area contributed by atoms with Crippen molar-refractivity contribution in [1.29, 1.82) is 0 Å². The number of methoxy groups -OCH3 is 1. The number of hydrogen-bond acceptors (Lipinski definition) is 3. The number of hydrogen-bond donors (Lipinski definition) is 1. The van der Waals surface area contributed by atoms with E-state index in [9.17, 15) is 13.2 Å². The molecule has 10 heavy (non-hydrogen) atoms. The molecule has 0 amide bonds. The van der Waals surface area contributed by atoms with Crippen LogP contribution in [-0.2, 0) is 9.47 Å². The summed E-state index contributed by atoms with van der Waals surface area (Å²) in [7, 11) is 1.01. The second kappa shape index (κ2) is 3.75. The van der Waals surface area contributed by atoms with Gasteiger partial charge in [0.2, 0.25) is 0 Å². The van der Waals surface area contributed by atoms with Gasteiger partial charge in [0.05, 0.1) is 6.61 Å². The monoisotopic (exact) mass is 160 g/mol. The molecule has 1 atom stereocenters.